The first-order valence-corrected chi connectivity index (χ1v) is 22.1. The van der Waals surface area contributed by atoms with Crippen molar-refractivity contribution < 1.29 is 30.3 Å². The Labute approximate surface area is 278 Å². The van der Waals surface area contributed by atoms with Gasteiger partial charge in [-0.3, -0.25) is 0 Å². The van der Waals surface area contributed by atoms with Crippen LogP contribution in [0.3, 0.4) is 0 Å². The van der Waals surface area contributed by atoms with Crippen LogP contribution in [0.15, 0.2) is 89.6 Å². The Balaban J connectivity index is 0.000000201. The number of aromatic nitrogens is 2. The second-order valence-corrected chi connectivity index (χ2v) is 23.2. The molecule has 0 bridgehead atoms. The molecule has 0 fully saturated rings. The molecule has 0 unspecified atom stereocenters. The van der Waals surface area contributed by atoms with Gasteiger partial charge in [0.1, 0.15) is 5.58 Å². The van der Waals surface area contributed by atoms with Crippen molar-refractivity contribution >= 4 is 39.6 Å². The third-order valence-corrected chi connectivity index (χ3v) is 11.7. The van der Waals surface area contributed by atoms with E-state index in [1.807, 2.05) is 62.5 Å². The normalized spacial score (nSPS) is 12.1. The molecule has 0 saturated carbocycles. The monoisotopic (exact) mass is 826 g/mol. The van der Waals surface area contributed by atoms with Gasteiger partial charge in [0.05, 0.1) is 5.58 Å². The van der Waals surface area contributed by atoms with Crippen molar-refractivity contribution in [3.05, 3.63) is 114 Å². The van der Waals surface area contributed by atoms with E-state index in [2.05, 4.69) is 65.3 Å². The van der Waals surface area contributed by atoms with Gasteiger partial charge in [0.2, 0.25) is 0 Å². The summed E-state index contributed by atoms with van der Waals surface area (Å²) in [5.74, 6) is 6.86. The molecule has 6 rings (SSSR count). The summed E-state index contributed by atoms with van der Waals surface area (Å²) >= 11 is -1.93. The van der Waals surface area contributed by atoms with Crippen LogP contribution in [-0.4, -0.2) is 23.2 Å². The Morgan fingerprint density at radius 1 is 0.909 bits per heavy atom. The maximum atomic E-state index is 13.0. The Morgan fingerprint density at radius 2 is 1.68 bits per heavy atom. The van der Waals surface area contributed by atoms with Gasteiger partial charge in [-0.15, -0.1) is 18.2 Å². The molecule has 3 aromatic carbocycles. The number of benzene rings is 3. The molecule has 6 aromatic rings. The third kappa shape index (κ3) is 7.74. The zero-order chi connectivity index (χ0) is 31.6. The van der Waals surface area contributed by atoms with Crippen molar-refractivity contribution in [1.82, 2.24) is 9.97 Å². The fourth-order valence-corrected chi connectivity index (χ4v) is 8.59. The van der Waals surface area contributed by atoms with Crippen LogP contribution in [0, 0.1) is 23.9 Å². The molecule has 3 aromatic heterocycles. The number of furan rings is 1. The topological polar surface area (TPSA) is 38.9 Å². The van der Waals surface area contributed by atoms with Crippen molar-refractivity contribution in [1.29, 1.82) is 0 Å². The molecule has 3 heterocycles. The van der Waals surface area contributed by atoms with Crippen LogP contribution < -0.4 is 4.40 Å². The van der Waals surface area contributed by atoms with Crippen LogP contribution in [0.4, 0.5) is 4.39 Å². The molecule has 0 atom stereocenters. The van der Waals surface area contributed by atoms with Gasteiger partial charge in [-0.1, -0.05) is 54.6 Å². The second kappa shape index (κ2) is 14.3. The summed E-state index contributed by atoms with van der Waals surface area (Å²) in [6.07, 6.45) is 4.86. The summed E-state index contributed by atoms with van der Waals surface area (Å²) in [5, 5.41) is 2.15. The van der Waals surface area contributed by atoms with E-state index in [0.717, 1.165) is 56.4 Å². The van der Waals surface area contributed by atoms with Crippen molar-refractivity contribution in [3.63, 3.8) is 0 Å². The number of nitrogens with zero attached hydrogens (tertiary/aromatic N) is 2. The van der Waals surface area contributed by atoms with Crippen LogP contribution in [0.25, 0.3) is 44.5 Å². The third-order valence-electron chi connectivity index (χ3n) is 7.41. The van der Waals surface area contributed by atoms with E-state index >= 15 is 0 Å². The second-order valence-electron chi connectivity index (χ2n) is 12.6. The summed E-state index contributed by atoms with van der Waals surface area (Å²) < 4.78 is 28.8. The minimum atomic E-state index is -1.93. The number of para-hydroxylation sites is 1. The van der Waals surface area contributed by atoms with Gasteiger partial charge in [0, 0.05) is 33.1 Å². The zero-order valence-corrected chi connectivity index (χ0v) is 30.9. The van der Waals surface area contributed by atoms with Crippen LogP contribution in [0.2, 0.25) is 17.3 Å². The van der Waals surface area contributed by atoms with Crippen molar-refractivity contribution in [2.75, 3.05) is 0 Å². The van der Waals surface area contributed by atoms with Crippen LogP contribution >= 0.6 is 0 Å². The molecular weight excluding hydrogens is 784 g/mol. The number of halogens is 1. The van der Waals surface area contributed by atoms with E-state index in [9.17, 15) is 4.39 Å². The molecule has 0 N–H and O–H groups in total. The molecule has 0 saturated heterocycles. The van der Waals surface area contributed by atoms with E-state index in [1.54, 1.807) is 12.3 Å². The summed E-state index contributed by atoms with van der Waals surface area (Å²) in [5.41, 5.74) is 7.35. The van der Waals surface area contributed by atoms with E-state index in [4.69, 9.17) is 5.79 Å². The molecule has 0 spiro atoms. The van der Waals surface area contributed by atoms with Gasteiger partial charge >= 0.3 is 130 Å². The molecule has 6 heteroatoms. The van der Waals surface area contributed by atoms with Gasteiger partial charge < -0.3 is 9.40 Å². The van der Waals surface area contributed by atoms with E-state index in [0.29, 0.717) is 5.92 Å². The molecule has 1 radical (unpaired) electrons. The molecule has 229 valence electrons. The molecule has 0 aliphatic rings. The predicted molar refractivity (Wildman–Crippen MR) is 180 cm³/mol. The van der Waals surface area contributed by atoms with Crippen LogP contribution in [0.1, 0.15) is 46.1 Å². The average molecular weight is 825 g/mol. The SMILES string of the molecule is CC(C)Cc1cc(-c2[c-]cc(F)cc2)nc[c]1[Ge]([CH3])([CH3])[CH3].[2H]C(C)(C)c1ccnc(-c2[c-]ccc3c2oc2ccccc23)c1.[Ir]. The quantitative estimate of drug-likeness (QED) is 0.124. The maximum absolute atomic E-state index is 13.0. The molecule has 0 aliphatic carbocycles. The minimum absolute atomic E-state index is 0. The smallest absolute Gasteiger partial charge is 0.120 e. The van der Waals surface area contributed by atoms with Gasteiger partial charge in [0.25, 0.3) is 0 Å². The van der Waals surface area contributed by atoms with E-state index in [1.165, 1.54) is 22.1 Å². The van der Waals surface area contributed by atoms with Gasteiger partial charge in [0.15, 0.2) is 0 Å². The van der Waals surface area contributed by atoms with Crippen molar-refractivity contribution in [2.45, 2.75) is 57.3 Å². The number of pyridine rings is 2. The van der Waals surface area contributed by atoms with E-state index < -0.39 is 19.2 Å². The van der Waals surface area contributed by atoms with E-state index in [-0.39, 0.29) is 25.9 Å². The van der Waals surface area contributed by atoms with Gasteiger partial charge in [-0.25, -0.2) is 0 Å². The number of rotatable bonds is 6. The van der Waals surface area contributed by atoms with Crippen molar-refractivity contribution in [3.8, 4) is 22.5 Å². The first-order chi connectivity index (χ1) is 20.8. The number of hydrogen-bond acceptors (Lipinski definition) is 3. The Morgan fingerprint density at radius 3 is 2.36 bits per heavy atom. The Bertz CT molecular complexity index is 1910. The predicted octanol–water partition coefficient (Wildman–Crippen LogP) is 10.0. The molecule has 44 heavy (non-hydrogen) atoms. The summed E-state index contributed by atoms with van der Waals surface area (Å²) in [6.45, 7) is 8.22. The number of fused-ring (bicyclic) bond motifs is 3. The standard InChI is InChI=1S/C20H16NO.C18H23FGeN.Ir/c1-13(2)14-10-11-21-18(12-14)17-8-5-7-16-15-6-3-4-9-19(15)22-20(16)17;1-13(2)10-15-11-18(14-6-8-16(19)9-7-14)21-12-17(15)20(3,4)5;/h3-7,9-13H,1-2H3;6,8-9,11-13H,10H2,1-5H3;/q2*-1;/i13D;;. The van der Waals surface area contributed by atoms with Gasteiger partial charge in [-0.2, -0.15) is 0 Å². The summed E-state index contributed by atoms with van der Waals surface area (Å²) in [6, 6.07) is 28.7. The molecule has 0 amide bonds. The summed E-state index contributed by atoms with van der Waals surface area (Å²) in [7, 11) is 0. The molecule has 3 nitrogen and oxygen atoms in total. The molecular formula is C38H39FGeIrN2O-2. The first kappa shape index (κ1) is 32.3. The molecule has 0 aliphatic heterocycles. The summed E-state index contributed by atoms with van der Waals surface area (Å²) in [4.78, 5) is 9.08. The first-order valence-electron chi connectivity index (χ1n) is 15.3. The van der Waals surface area contributed by atoms with Gasteiger partial charge in [-0.05, 0) is 23.7 Å². The number of hydrogen-bond donors (Lipinski definition) is 0. The minimum Gasteiger partial charge on any atom is -0.501 e. The maximum Gasteiger partial charge on any atom is 0.120 e. The van der Waals surface area contributed by atoms with Crippen molar-refractivity contribution in [2.24, 2.45) is 5.92 Å². The fourth-order valence-electron chi connectivity index (χ4n) is 5.25. The zero-order valence-electron chi connectivity index (χ0n) is 27.4. The Hall–Kier alpha value is -3.12. The van der Waals surface area contributed by atoms with Crippen LogP contribution in [0.5, 0.6) is 0 Å². The average Bonchev–Trinajstić information content (AvgIpc) is 3.36. The Kier molecular flexibility index (Phi) is 10.5. The fraction of sp³-hybridized carbons (Fsp3) is 0.263. The largest absolute Gasteiger partial charge is 0.501 e. The van der Waals surface area contributed by atoms with Crippen LogP contribution in [-0.2, 0) is 26.5 Å².